The van der Waals surface area contributed by atoms with E-state index in [0.29, 0.717) is 12.2 Å². The van der Waals surface area contributed by atoms with E-state index < -0.39 is 0 Å². The zero-order chi connectivity index (χ0) is 17.6. The predicted molar refractivity (Wildman–Crippen MR) is 96.7 cm³/mol. The summed E-state index contributed by atoms with van der Waals surface area (Å²) in [5.74, 6) is 1.76. The van der Waals surface area contributed by atoms with Gasteiger partial charge in [0.25, 0.3) is 5.91 Å². The first-order chi connectivity index (χ1) is 12.0. The largest absolute Gasteiger partial charge is 0.351 e. The Morgan fingerprint density at radius 3 is 2.84 bits per heavy atom. The van der Waals surface area contributed by atoms with Gasteiger partial charge in [0.05, 0.1) is 6.04 Å². The topological polar surface area (TPSA) is 66.8 Å². The number of carbonyl (C=O) groups excluding carboxylic acids is 1. The molecule has 1 fully saturated rings. The van der Waals surface area contributed by atoms with E-state index in [4.69, 9.17) is 0 Å². The zero-order valence-electron chi connectivity index (χ0n) is 14.9. The van der Waals surface area contributed by atoms with Crippen molar-refractivity contribution in [3.05, 3.63) is 47.2 Å². The molecule has 1 saturated heterocycles. The highest BCUT2D eigenvalue weighted by atomic mass is 16.2. The average molecular weight is 337 g/mol. The van der Waals surface area contributed by atoms with Crippen molar-refractivity contribution in [1.29, 1.82) is 0 Å². The molecule has 6 nitrogen and oxygen atoms in total. The molecule has 1 aromatic carbocycles. The number of benzene rings is 1. The van der Waals surface area contributed by atoms with Crippen LogP contribution in [0.25, 0.3) is 10.9 Å². The van der Waals surface area contributed by atoms with Crippen LogP contribution in [0.4, 0.5) is 0 Å². The van der Waals surface area contributed by atoms with Crippen molar-refractivity contribution in [1.82, 2.24) is 24.6 Å². The fraction of sp³-hybridized carbons (Fsp3) is 0.421. The molecule has 0 saturated carbocycles. The molecule has 1 amide bonds. The maximum Gasteiger partial charge on any atom is 0.270 e. The van der Waals surface area contributed by atoms with Gasteiger partial charge in [0.2, 0.25) is 0 Å². The lowest BCUT2D eigenvalue weighted by Gasteiger charge is -2.32. The molecule has 0 bridgehead atoms. The van der Waals surface area contributed by atoms with Crippen molar-refractivity contribution in [3.8, 4) is 0 Å². The average Bonchev–Trinajstić information content (AvgIpc) is 3.16. The molecule has 2 aromatic heterocycles. The van der Waals surface area contributed by atoms with Gasteiger partial charge in [0.1, 0.15) is 17.3 Å². The molecule has 1 aliphatic rings. The summed E-state index contributed by atoms with van der Waals surface area (Å²) in [6.45, 7) is 7.40. The number of aromatic nitrogens is 4. The molecule has 0 spiro atoms. The van der Waals surface area contributed by atoms with E-state index in [-0.39, 0.29) is 11.9 Å². The Bertz CT molecular complexity index is 939. The number of fused-ring (bicyclic) bond motifs is 1. The number of likely N-dealkylation sites (tertiary alicyclic amines) is 1. The van der Waals surface area contributed by atoms with Crippen molar-refractivity contribution in [2.24, 2.45) is 0 Å². The second-order valence-electron chi connectivity index (χ2n) is 6.97. The Hall–Kier alpha value is -2.63. The highest BCUT2D eigenvalue weighted by Crippen LogP contribution is 2.24. The smallest absolute Gasteiger partial charge is 0.270 e. The molecular formula is C19H23N5O. The molecule has 3 aromatic rings. The molecule has 1 N–H and O–H groups in total. The van der Waals surface area contributed by atoms with Crippen LogP contribution >= 0.6 is 0 Å². The third-order valence-electron chi connectivity index (χ3n) is 4.95. The van der Waals surface area contributed by atoms with Crippen LogP contribution in [-0.4, -0.2) is 43.6 Å². The minimum absolute atomic E-state index is 0.0630. The first-order valence-electron chi connectivity index (χ1n) is 8.79. The number of aryl methyl sites for hydroxylation is 3. The Balaban J connectivity index is 1.57. The highest BCUT2D eigenvalue weighted by Gasteiger charge is 2.27. The minimum Gasteiger partial charge on any atom is -0.351 e. The van der Waals surface area contributed by atoms with E-state index in [1.54, 1.807) is 0 Å². The summed E-state index contributed by atoms with van der Waals surface area (Å²) in [4.78, 5) is 22.6. The standard InChI is InChI=1S/C19H23N5O/c1-12-6-7-15-10-18(21-17(15)9-12)19(25)23-8-4-5-16(11-23)24-14(3)20-13(2)22-24/h6-7,9-10,16,21H,4-5,8,11H2,1-3H3. The zero-order valence-corrected chi connectivity index (χ0v) is 14.9. The summed E-state index contributed by atoms with van der Waals surface area (Å²) < 4.78 is 1.98. The van der Waals surface area contributed by atoms with Crippen LogP contribution in [0.3, 0.4) is 0 Å². The Labute approximate surface area is 146 Å². The van der Waals surface area contributed by atoms with Crippen molar-refractivity contribution in [3.63, 3.8) is 0 Å². The third-order valence-corrected chi connectivity index (χ3v) is 4.95. The summed E-state index contributed by atoms with van der Waals surface area (Å²) in [6.07, 6.45) is 2.01. The first kappa shape index (κ1) is 15.9. The van der Waals surface area contributed by atoms with Gasteiger partial charge < -0.3 is 9.88 Å². The number of carbonyl (C=O) groups is 1. The first-order valence-corrected chi connectivity index (χ1v) is 8.79. The Kier molecular flexibility index (Phi) is 3.82. The van der Waals surface area contributed by atoms with E-state index >= 15 is 0 Å². The van der Waals surface area contributed by atoms with Gasteiger partial charge in [0, 0.05) is 24.0 Å². The maximum atomic E-state index is 13.0. The normalized spacial score (nSPS) is 18.0. The highest BCUT2D eigenvalue weighted by molar-refractivity contribution is 5.98. The van der Waals surface area contributed by atoms with Crippen molar-refractivity contribution < 1.29 is 4.79 Å². The Morgan fingerprint density at radius 1 is 1.24 bits per heavy atom. The van der Waals surface area contributed by atoms with Gasteiger partial charge >= 0.3 is 0 Å². The van der Waals surface area contributed by atoms with Crippen molar-refractivity contribution in [2.75, 3.05) is 13.1 Å². The summed E-state index contributed by atoms with van der Waals surface area (Å²) in [5.41, 5.74) is 2.86. The number of nitrogens with zero attached hydrogens (tertiary/aromatic N) is 4. The van der Waals surface area contributed by atoms with Crippen LogP contribution in [0.15, 0.2) is 24.3 Å². The number of H-pyrrole nitrogens is 1. The summed E-state index contributed by atoms with van der Waals surface area (Å²) in [7, 11) is 0. The third kappa shape index (κ3) is 2.92. The van der Waals surface area contributed by atoms with Crippen LogP contribution in [0.5, 0.6) is 0 Å². The fourth-order valence-electron chi connectivity index (χ4n) is 3.75. The number of hydrogen-bond acceptors (Lipinski definition) is 3. The lowest BCUT2D eigenvalue weighted by Crippen LogP contribution is -2.41. The van der Waals surface area contributed by atoms with Crippen LogP contribution in [0.2, 0.25) is 0 Å². The van der Waals surface area contributed by atoms with Crippen molar-refractivity contribution >= 4 is 16.8 Å². The van der Waals surface area contributed by atoms with Gasteiger partial charge in [-0.05, 0) is 51.3 Å². The van der Waals surface area contributed by atoms with E-state index in [1.165, 1.54) is 5.56 Å². The van der Waals surface area contributed by atoms with Gasteiger partial charge in [-0.1, -0.05) is 12.1 Å². The van der Waals surface area contributed by atoms with Gasteiger partial charge in [-0.3, -0.25) is 4.79 Å². The monoisotopic (exact) mass is 337 g/mol. The molecule has 130 valence electrons. The SMILES string of the molecule is Cc1ccc2cc(C(=O)N3CCCC(n4nc(C)nc4C)C3)[nH]c2c1. The molecule has 1 aliphatic heterocycles. The van der Waals surface area contributed by atoms with E-state index in [1.807, 2.05) is 29.5 Å². The molecule has 0 aliphatic carbocycles. The van der Waals surface area contributed by atoms with Crippen LogP contribution in [0.1, 0.15) is 46.6 Å². The molecule has 3 heterocycles. The van der Waals surface area contributed by atoms with Crippen LogP contribution in [-0.2, 0) is 0 Å². The number of rotatable bonds is 2. The number of aromatic amines is 1. The summed E-state index contributed by atoms with van der Waals surface area (Å²) >= 11 is 0. The number of piperidine rings is 1. The molecule has 1 atom stereocenters. The Morgan fingerprint density at radius 2 is 2.08 bits per heavy atom. The van der Waals surface area contributed by atoms with Gasteiger partial charge in [-0.25, -0.2) is 9.67 Å². The predicted octanol–water partition coefficient (Wildman–Crippen LogP) is 3.16. The number of hydrogen-bond donors (Lipinski definition) is 1. The molecule has 1 unspecified atom stereocenters. The molecule has 4 rings (SSSR count). The lowest BCUT2D eigenvalue weighted by molar-refractivity contribution is 0.0666. The number of nitrogens with one attached hydrogen (secondary N) is 1. The summed E-state index contributed by atoms with van der Waals surface area (Å²) in [5, 5.41) is 5.58. The van der Waals surface area contributed by atoms with E-state index in [2.05, 4.69) is 40.2 Å². The molecule has 25 heavy (non-hydrogen) atoms. The van der Waals surface area contributed by atoms with E-state index in [9.17, 15) is 4.79 Å². The second kappa shape index (κ2) is 6.02. The molecule has 6 heteroatoms. The fourth-order valence-corrected chi connectivity index (χ4v) is 3.75. The number of amides is 1. The summed E-state index contributed by atoms with van der Waals surface area (Å²) in [6, 6.07) is 8.35. The maximum absolute atomic E-state index is 13.0. The van der Waals surface area contributed by atoms with Crippen molar-refractivity contribution in [2.45, 2.75) is 39.7 Å². The van der Waals surface area contributed by atoms with Gasteiger partial charge in [-0.15, -0.1) is 0 Å². The molecule has 0 radical (unpaired) electrons. The van der Waals surface area contributed by atoms with Gasteiger partial charge in [-0.2, -0.15) is 5.10 Å². The van der Waals surface area contributed by atoms with Gasteiger partial charge in [0.15, 0.2) is 0 Å². The lowest BCUT2D eigenvalue weighted by atomic mass is 10.1. The van der Waals surface area contributed by atoms with E-state index in [0.717, 1.165) is 41.9 Å². The van der Waals surface area contributed by atoms with Crippen LogP contribution < -0.4 is 0 Å². The minimum atomic E-state index is 0.0630. The second-order valence-corrected chi connectivity index (χ2v) is 6.97. The molecular weight excluding hydrogens is 314 g/mol. The quantitative estimate of drug-likeness (QED) is 0.781. The van der Waals surface area contributed by atoms with Crippen LogP contribution in [0, 0.1) is 20.8 Å².